The Kier molecular flexibility index (Phi) is 9.89. The van der Waals surface area contributed by atoms with Crippen molar-refractivity contribution in [1.82, 2.24) is 4.57 Å². The lowest BCUT2D eigenvalue weighted by Crippen LogP contribution is -2.10. The zero-order valence-electron chi connectivity index (χ0n) is 36.3. The maximum absolute atomic E-state index is 2.39. The van der Waals surface area contributed by atoms with E-state index in [9.17, 15) is 0 Å². The lowest BCUT2D eigenvalue weighted by Gasteiger charge is -2.27. The molecule has 11 aromatic carbocycles. The second-order valence-electron chi connectivity index (χ2n) is 16.9. The molecule has 12 rings (SSSR count). The van der Waals surface area contributed by atoms with Crippen molar-refractivity contribution in [2.75, 3.05) is 4.90 Å². The van der Waals surface area contributed by atoms with E-state index < -0.39 is 0 Å². The monoisotopic (exact) mass is 840 g/mol. The molecule has 0 atom stereocenters. The minimum atomic E-state index is 1.07. The minimum absolute atomic E-state index is 1.07. The number of anilines is 3. The summed E-state index contributed by atoms with van der Waals surface area (Å²) in [6, 6.07) is 96.9. The molecule has 2 nitrogen and oxygen atoms in total. The Morgan fingerprint density at radius 3 is 1.36 bits per heavy atom. The van der Waals surface area contributed by atoms with Gasteiger partial charge in [-0.15, -0.1) is 0 Å². The molecule has 0 unspecified atom stereocenters. The van der Waals surface area contributed by atoms with E-state index in [4.69, 9.17) is 0 Å². The molecular weight excluding hydrogens is 797 g/mol. The highest BCUT2D eigenvalue weighted by atomic mass is 15.1. The summed E-state index contributed by atoms with van der Waals surface area (Å²) in [4.78, 5) is 2.39. The molecule has 0 saturated carbocycles. The summed E-state index contributed by atoms with van der Waals surface area (Å²) in [5.41, 5.74) is 18.7. The number of fused-ring (bicyclic) bond motifs is 4. The Labute approximate surface area is 385 Å². The summed E-state index contributed by atoms with van der Waals surface area (Å²) in [5, 5.41) is 4.98. The van der Waals surface area contributed by atoms with E-state index in [1.54, 1.807) is 0 Å². The molecule has 0 N–H and O–H groups in total. The summed E-state index contributed by atoms with van der Waals surface area (Å²) in [6.07, 6.45) is 0. The maximum Gasteiger partial charge on any atom is 0.0541 e. The Morgan fingerprint density at radius 1 is 0.258 bits per heavy atom. The van der Waals surface area contributed by atoms with Gasteiger partial charge in [-0.05, 0) is 127 Å². The van der Waals surface area contributed by atoms with Gasteiger partial charge in [0.2, 0.25) is 0 Å². The van der Waals surface area contributed by atoms with Crippen molar-refractivity contribution < 1.29 is 0 Å². The van der Waals surface area contributed by atoms with Crippen LogP contribution in [0.1, 0.15) is 0 Å². The van der Waals surface area contributed by atoms with Crippen LogP contribution in [0.2, 0.25) is 0 Å². The van der Waals surface area contributed by atoms with Gasteiger partial charge in [0, 0.05) is 33.5 Å². The van der Waals surface area contributed by atoms with Crippen LogP contribution in [-0.2, 0) is 0 Å². The average Bonchev–Trinajstić information content (AvgIpc) is 3.74. The number of benzene rings is 11. The molecule has 310 valence electrons. The Bertz CT molecular complexity index is 3620. The molecule has 0 radical (unpaired) electrons. The third-order valence-corrected chi connectivity index (χ3v) is 13.0. The highest BCUT2D eigenvalue weighted by Gasteiger charge is 2.20. The fraction of sp³-hybridized carbons (Fsp3) is 0. The summed E-state index contributed by atoms with van der Waals surface area (Å²) in [5.74, 6) is 0. The molecule has 0 aliphatic carbocycles. The van der Waals surface area contributed by atoms with Gasteiger partial charge in [0.25, 0.3) is 0 Å². The van der Waals surface area contributed by atoms with E-state index >= 15 is 0 Å². The normalized spacial score (nSPS) is 11.3. The topological polar surface area (TPSA) is 8.17 Å². The van der Waals surface area contributed by atoms with E-state index in [1.165, 1.54) is 82.6 Å². The largest absolute Gasteiger partial charge is 0.310 e. The SMILES string of the molecule is c1ccc(-c2ccccc2-c2c(-c3ccccc3)cccc2-c2ccc(N(c3ccc(-n4c5ccccc5c5ccccc54)cc3)c3cccc(-c4cccc5ccccc45)c3)cc2)cc1. The molecule has 0 fully saturated rings. The average molecular weight is 841 g/mol. The van der Waals surface area contributed by atoms with Crippen LogP contribution in [0.4, 0.5) is 17.1 Å². The molecular formula is C64H44N2. The Hall–Kier alpha value is -8.72. The quantitative estimate of drug-likeness (QED) is 0.141. The number of hydrogen-bond donors (Lipinski definition) is 0. The molecule has 0 aliphatic rings. The van der Waals surface area contributed by atoms with Gasteiger partial charge in [0.15, 0.2) is 0 Å². The Morgan fingerprint density at radius 2 is 0.697 bits per heavy atom. The molecule has 0 aliphatic heterocycles. The molecule has 0 amide bonds. The first-order valence-corrected chi connectivity index (χ1v) is 22.7. The first-order valence-electron chi connectivity index (χ1n) is 22.7. The lowest BCUT2D eigenvalue weighted by molar-refractivity contribution is 1.17. The summed E-state index contributed by atoms with van der Waals surface area (Å²) in [6.45, 7) is 0. The van der Waals surface area contributed by atoms with Crippen molar-refractivity contribution in [1.29, 1.82) is 0 Å². The number of nitrogens with zero attached hydrogens (tertiary/aromatic N) is 2. The molecule has 1 heterocycles. The molecule has 12 aromatic rings. The van der Waals surface area contributed by atoms with Crippen molar-refractivity contribution in [3.63, 3.8) is 0 Å². The van der Waals surface area contributed by atoms with Gasteiger partial charge in [-0.25, -0.2) is 0 Å². The lowest BCUT2D eigenvalue weighted by atomic mass is 9.84. The molecule has 2 heteroatoms. The van der Waals surface area contributed by atoms with Gasteiger partial charge in [-0.1, -0.05) is 206 Å². The van der Waals surface area contributed by atoms with Gasteiger partial charge in [-0.2, -0.15) is 0 Å². The smallest absolute Gasteiger partial charge is 0.0541 e. The van der Waals surface area contributed by atoms with Crippen molar-refractivity contribution in [2.45, 2.75) is 0 Å². The molecule has 0 saturated heterocycles. The summed E-state index contributed by atoms with van der Waals surface area (Å²) in [7, 11) is 0. The van der Waals surface area contributed by atoms with Crippen molar-refractivity contribution in [2.24, 2.45) is 0 Å². The minimum Gasteiger partial charge on any atom is -0.310 e. The van der Waals surface area contributed by atoms with Crippen molar-refractivity contribution in [3.8, 4) is 61.3 Å². The Balaban J connectivity index is 1.01. The molecule has 66 heavy (non-hydrogen) atoms. The highest BCUT2D eigenvalue weighted by molar-refractivity contribution is 6.09. The summed E-state index contributed by atoms with van der Waals surface area (Å²) < 4.78 is 2.38. The van der Waals surface area contributed by atoms with E-state index in [0.717, 1.165) is 28.3 Å². The van der Waals surface area contributed by atoms with Gasteiger partial charge < -0.3 is 9.47 Å². The van der Waals surface area contributed by atoms with Crippen LogP contribution < -0.4 is 4.90 Å². The third kappa shape index (κ3) is 6.93. The van der Waals surface area contributed by atoms with Crippen LogP contribution in [-0.4, -0.2) is 4.57 Å². The first kappa shape index (κ1) is 38.9. The number of para-hydroxylation sites is 2. The summed E-state index contributed by atoms with van der Waals surface area (Å²) >= 11 is 0. The van der Waals surface area contributed by atoms with Crippen LogP contribution in [0.25, 0.3) is 93.9 Å². The van der Waals surface area contributed by atoms with Crippen LogP contribution in [0.3, 0.4) is 0 Å². The van der Waals surface area contributed by atoms with Gasteiger partial charge >= 0.3 is 0 Å². The highest BCUT2D eigenvalue weighted by Crippen LogP contribution is 2.45. The predicted octanol–water partition coefficient (Wildman–Crippen LogP) is 17.7. The van der Waals surface area contributed by atoms with Crippen LogP contribution in [0, 0.1) is 0 Å². The number of rotatable bonds is 9. The zero-order chi connectivity index (χ0) is 43.8. The van der Waals surface area contributed by atoms with Crippen LogP contribution in [0.5, 0.6) is 0 Å². The van der Waals surface area contributed by atoms with Gasteiger partial charge in [-0.3, -0.25) is 0 Å². The molecule has 0 bridgehead atoms. The van der Waals surface area contributed by atoms with Gasteiger partial charge in [0.05, 0.1) is 11.0 Å². The van der Waals surface area contributed by atoms with Crippen molar-refractivity contribution >= 4 is 49.6 Å². The van der Waals surface area contributed by atoms with Crippen molar-refractivity contribution in [3.05, 3.63) is 267 Å². The van der Waals surface area contributed by atoms with Crippen LogP contribution >= 0.6 is 0 Å². The maximum atomic E-state index is 2.39. The second kappa shape index (κ2) is 16.8. The molecule has 0 spiro atoms. The van der Waals surface area contributed by atoms with E-state index in [1.807, 2.05) is 0 Å². The van der Waals surface area contributed by atoms with E-state index in [-0.39, 0.29) is 0 Å². The number of hydrogen-bond acceptors (Lipinski definition) is 1. The number of aromatic nitrogens is 1. The standard InChI is InChI=1S/C64H44N2/c1-3-18-45(19-4-1)55-27-9-10-30-61(55)64-57(47-20-5-2-6-21-47)32-17-33-58(64)48-36-38-50(39-37-48)65(53-25-15-24-49(44-53)56-31-16-23-46-22-7-8-26-54(46)56)51-40-42-52(43-41-51)66-62-34-13-11-28-59(62)60-29-12-14-35-63(60)66/h1-44H. The van der Waals surface area contributed by atoms with Gasteiger partial charge in [0.1, 0.15) is 0 Å². The van der Waals surface area contributed by atoms with Crippen LogP contribution in [0.15, 0.2) is 267 Å². The fourth-order valence-corrected chi connectivity index (χ4v) is 9.99. The van der Waals surface area contributed by atoms with E-state index in [2.05, 4.69) is 276 Å². The van der Waals surface area contributed by atoms with E-state index in [0.29, 0.717) is 0 Å². The second-order valence-corrected chi connectivity index (χ2v) is 16.9. The first-order chi connectivity index (χ1) is 32.8. The predicted molar refractivity (Wildman–Crippen MR) is 280 cm³/mol. The fourth-order valence-electron chi connectivity index (χ4n) is 9.99. The molecule has 1 aromatic heterocycles. The third-order valence-electron chi connectivity index (χ3n) is 13.0. The zero-order valence-corrected chi connectivity index (χ0v) is 36.3.